The summed E-state index contributed by atoms with van der Waals surface area (Å²) in [7, 11) is -2.12. The van der Waals surface area contributed by atoms with Gasteiger partial charge in [-0.25, -0.2) is 0 Å². The second-order valence-electron chi connectivity index (χ2n) is 6.12. The van der Waals surface area contributed by atoms with Crippen molar-refractivity contribution in [3.05, 3.63) is 0 Å². The fraction of sp³-hybridized carbons (Fsp3) is 1.00. The van der Waals surface area contributed by atoms with Crippen molar-refractivity contribution in [2.24, 2.45) is 0 Å². The normalized spacial score (nSPS) is 36.0. The number of ether oxygens (including phenoxy) is 1. The van der Waals surface area contributed by atoms with Crippen LogP contribution in [0.5, 0.6) is 0 Å². The van der Waals surface area contributed by atoms with Gasteiger partial charge in [-0.05, 0) is 18.1 Å². The van der Waals surface area contributed by atoms with E-state index in [0.717, 1.165) is 0 Å². The Bertz CT molecular complexity index is 263. The smallest absolute Gasteiger partial charge is 0.192 e. The van der Waals surface area contributed by atoms with Crippen LogP contribution in [0, 0.1) is 0 Å². The summed E-state index contributed by atoms with van der Waals surface area (Å²) in [5, 5.41) is 29.0. The van der Waals surface area contributed by atoms with Crippen molar-refractivity contribution in [1.29, 1.82) is 0 Å². The predicted octanol–water partition coefficient (Wildman–Crippen LogP) is 0.447. The van der Waals surface area contributed by atoms with Gasteiger partial charge in [0.1, 0.15) is 18.3 Å². The van der Waals surface area contributed by atoms with E-state index >= 15 is 0 Å². The zero-order valence-corrected chi connectivity index (χ0v) is 12.2. The maximum absolute atomic E-state index is 9.84. The molecule has 6 heteroatoms. The summed E-state index contributed by atoms with van der Waals surface area (Å²) in [5.74, 6) is 0. The minimum Gasteiger partial charge on any atom is -0.406 e. The largest absolute Gasteiger partial charge is 0.406 e. The summed E-state index contributed by atoms with van der Waals surface area (Å²) in [6, 6.07) is 0. The summed E-state index contributed by atoms with van der Waals surface area (Å²) in [6.07, 6.45) is -4.16. The third kappa shape index (κ3) is 3.27. The Morgan fingerprint density at radius 1 is 1.18 bits per heavy atom. The predicted molar refractivity (Wildman–Crippen MR) is 66.0 cm³/mol. The van der Waals surface area contributed by atoms with E-state index in [0.29, 0.717) is 0 Å². The molecule has 1 aliphatic heterocycles. The molecule has 0 radical (unpaired) electrons. The lowest BCUT2D eigenvalue weighted by Crippen LogP contribution is -2.58. The second-order valence-corrected chi connectivity index (χ2v) is 10.9. The number of rotatable bonds is 2. The van der Waals surface area contributed by atoms with Crippen molar-refractivity contribution in [2.75, 3.05) is 6.61 Å². The number of hydrogen-bond donors (Lipinski definition) is 3. The Labute approximate surface area is 103 Å². The van der Waals surface area contributed by atoms with Gasteiger partial charge in [0.2, 0.25) is 0 Å². The molecule has 17 heavy (non-hydrogen) atoms. The van der Waals surface area contributed by atoms with Crippen molar-refractivity contribution in [3.63, 3.8) is 0 Å². The highest BCUT2D eigenvalue weighted by molar-refractivity contribution is 6.74. The lowest BCUT2D eigenvalue weighted by atomic mass is 10.1. The SMILES string of the molecule is CC(C)(C)[Si](C)(C)O[C@H]1[C@@H](O)[C@@H](O)CO[C@H]1O. The van der Waals surface area contributed by atoms with Crippen LogP contribution in [-0.2, 0) is 9.16 Å². The lowest BCUT2D eigenvalue weighted by Gasteiger charge is -2.44. The maximum atomic E-state index is 9.84. The molecule has 3 N–H and O–H groups in total. The average molecular weight is 264 g/mol. The topological polar surface area (TPSA) is 79.2 Å². The molecule has 0 bridgehead atoms. The van der Waals surface area contributed by atoms with Gasteiger partial charge in [0.15, 0.2) is 14.6 Å². The van der Waals surface area contributed by atoms with E-state index in [4.69, 9.17) is 9.16 Å². The van der Waals surface area contributed by atoms with Crippen molar-refractivity contribution in [3.8, 4) is 0 Å². The van der Waals surface area contributed by atoms with Crippen LogP contribution >= 0.6 is 0 Å². The fourth-order valence-electron chi connectivity index (χ4n) is 1.42. The highest BCUT2D eigenvalue weighted by Crippen LogP contribution is 2.38. The van der Waals surface area contributed by atoms with Crippen molar-refractivity contribution < 1.29 is 24.5 Å². The Morgan fingerprint density at radius 2 is 1.71 bits per heavy atom. The van der Waals surface area contributed by atoms with Crippen LogP contribution in [0.1, 0.15) is 20.8 Å². The van der Waals surface area contributed by atoms with Gasteiger partial charge in [0.05, 0.1) is 6.61 Å². The monoisotopic (exact) mass is 264 g/mol. The summed E-state index contributed by atoms with van der Waals surface area (Å²) < 4.78 is 10.9. The van der Waals surface area contributed by atoms with Crippen LogP contribution in [-0.4, -0.2) is 54.8 Å². The van der Waals surface area contributed by atoms with Crippen molar-refractivity contribution in [2.45, 2.75) is 63.5 Å². The highest BCUT2D eigenvalue weighted by atomic mass is 28.4. The number of aliphatic hydroxyl groups is 3. The maximum Gasteiger partial charge on any atom is 0.192 e. The molecule has 4 atom stereocenters. The molecule has 0 aromatic carbocycles. The molecule has 0 aromatic heterocycles. The molecule has 0 spiro atoms. The minimum atomic E-state index is -2.12. The first kappa shape index (κ1) is 15.1. The zero-order valence-electron chi connectivity index (χ0n) is 11.2. The first-order valence-electron chi connectivity index (χ1n) is 5.90. The van der Waals surface area contributed by atoms with Crippen LogP contribution < -0.4 is 0 Å². The number of hydrogen-bond acceptors (Lipinski definition) is 5. The van der Waals surface area contributed by atoms with Gasteiger partial charge in [-0.15, -0.1) is 0 Å². The van der Waals surface area contributed by atoms with Gasteiger partial charge >= 0.3 is 0 Å². The molecule has 0 aliphatic carbocycles. The minimum absolute atomic E-state index is 0.0329. The quantitative estimate of drug-likeness (QED) is 0.631. The molecule has 102 valence electrons. The highest BCUT2D eigenvalue weighted by Gasteiger charge is 2.46. The van der Waals surface area contributed by atoms with Gasteiger partial charge in [-0.3, -0.25) is 0 Å². The number of aliphatic hydroxyl groups excluding tert-OH is 3. The van der Waals surface area contributed by atoms with Crippen molar-refractivity contribution in [1.82, 2.24) is 0 Å². The molecule has 1 rings (SSSR count). The first-order chi connectivity index (χ1) is 7.56. The van der Waals surface area contributed by atoms with Crippen LogP contribution in [0.4, 0.5) is 0 Å². The standard InChI is InChI=1S/C11H24O5Si/c1-11(2,3)17(4,5)16-9-8(13)7(12)6-15-10(9)14/h7-10,12-14H,6H2,1-5H3/t7-,8-,9-,10+/m0/s1. The zero-order chi connectivity index (χ0) is 13.4. The van der Waals surface area contributed by atoms with Crippen LogP contribution in [0.3, 0.4) is 0 Å². The summed E-state index contributed by atoms with van der Waals surface area (Å²) >= 11 is 0. The molecule has 0 unspecified atom stereocenters. The van der Waals surface area contributed by atoms with E-state index in [9.17, 15) is 15.3 Å². The molecule has 0 saturated carbocycles. The molecule has 1 saturated heterocycles. The summed E-state index contributed by atoms with van der Waals surface area (Å²) in [5.41, 5.74) is 0. The molecule has 0 amide bonds. The van der Waals surface area contributed by atoms with Crippen LogP contribution in [0.2, 0.25) is 18.1 Å². The molecular formula is C11H24O5Si. The van der Waals surface area contributed by atoms with E-state index in [1.165, 1.54) is 0 Å². The molecule has 0 aromatic rings. The molecule has 1 fully saturated rings. The van der Waals surface area contributed by atoms with Gasteiger partial charge in [-0.1, -0.05) is 20.8 Å². The van der Waals surface area contributed by atoms with E-state index in [1.807, 2.05) is 13.1 Å². The fourth-order valence-corrected chi connectivity index (χ4v) is 2.71. The van der Waals surface area contributed by atoms with E-state index in [-0.39, 0.29) is 11.6 Å². The Kier molecular flexibility index (Phi) is 4.39. The summed E-state index contributed by atoms with van der Waals surface area (Å²) in [4.78, 5) is 0. The second kappa shape index (κ2) is 4.95. The van der Waals surface area contributed by atoms with Gasteiger partial charge < -0.3 is 24.5 Å². The average Bonchev–Trinajstić information content (AvgIpc) is 2.17. The van der Waals surface area contributed by atoms with E-state index in [2.05, 4.69) is 20.8 Å². The molecule has 1 aliphatic rings. The van der Waals surface area contributed by atoms with Gasteiger partial charge in [-0.2, -0.15) is 0 Å². The Morgan fingerprint density at radius 3 is 2.18 bits per heavy atom. The van der Waals surface area contributed by atoms with E-state index in [1.54, 1.807) is 0 Å². The molecule has 5 nitrogen and oxygen atoms in total. The third-order valence-electron chi connectivity index (χ3n) is 3.69. The Hall–Kier alpha value is 0.0169. The van der Waals surface area contributed by atoms with Crippen LogP contribution in [0.25, 0.3) is 0 Å². The summed E-state index contributed by atoms with van der Waals surface area (Å²) in [6.45, 7) is 10.2. The van der Waals surface area contributed by atoms with Gasteiger partial charge in [0, 0.05) is 0 Å². The molecular weight excluding hydrogens is 240 g/mol. The van der Waals surface area contributed by atoms with E-state index < -0.39 is 32.9 Å². The van der Waals surface area contributed by atoms with Gasteiger partial charge in [0.25, 0.3) is 0 Å². The molecule has 1 heterocycles. The Balaban J connectivity index is 2.78. The lowest BCUT2D eigenvalue weighted by molar-refractivity contribution is -0.247. The first-order valence-corrected chi connectivity index (χ1v) is 8.81. The third-order valence-corrected chi connectivity index (χ3v) is 8.16. The van der Waals surface area contributed by atoms with Crippen LogP contribution in [0.15, 0.2) is 0 Å². The van der Waals surface area contributed by atoms with Crippen molar-refractivity contribution >= 4 is 8.32 Å².